The standard InChI is InChI=1S/C13H18N4O2/c1-2-10-3-4-11(17-8-15-16-9-17)5-13(10)14-6-12(19)7-18/h3-5,8-9,12,14,18-19H,2,6-7H2,1H3. The van der Waals surface area contributed by atoms with Crippen LogP contribution in [0.4, 0.5) is 5.69 Å². The van der Waals surface area contributed by atoms with Gasteiger partial charge in [0.15, 0.2) is 0 Å². The molecule has 0 fully saturated rings. The first-order valence-electron chi connectivity index (χ1n) is 6.25. The van der Waals surface area contributed by atoms with Crippen LogP contribution in [0.2, 0.25) is 0 Å². The molecule has 1 unspecified atom stereocenters. The van der Waals surface area contributed by atoms with Gasteiger partial charge >= 0.3 is 0 Å². The van der Waals surface area contributed by atoms with E-state index in [1.165, 1.54) is 0 Å². The molecule has 2 aromatic rings. The normalized spacial score (nSPS) is 12.4. The summed E-state index contributed by atoms with van der Waals surface area (Å²) in [5.41, 5.74) is 3.05. The Balaban J connectivity index is 2.21. The molecular formula is C13H18N4O2. The molecule has 0 bridgehead atoms. The van der Waals surface area contributed by atoms with Crippen LogP contribution in [0, 0.1) is 0 Å². The maximum absolute atomic E-state index is 9.40. The number of hydrogen-bond donors (Lipinski definition) is 3. The number of nitrogens with zero attached hydrogens (tertiary/aromatic N) is 3. The third-order valence-electron chi connectivity index (χ3n) is 2.93. The van der Waals surface area contributed by atoms with E-state index in [-0.39, 0.29) is 6.61 Å². The van der Waals surface area contributed by atoms with Gasteiger partial charge in [0.25, 0.3) is 0 Å². The highest BCUT2D eigenvalue weighted by atomic mass is 16.3. The number of aromatic nitrogens is 3. The van der Waals surface area contributed by atoms with Crippen molar-refractivity contribution in [3.05, 3.63) is 36.4 Å². The van der Waals surface area contributed by atoms with Crippen molar-refractivity contribution in [3.8, 4) is 5.69 Å². The lowest BCUT2D eigenvalue weighted by Gasteiger charge is -2.15. The number of aliphatic hydroxyl groups is 2. The molecule has 0 spiro atoms. The lowest BCUT2D eigenvalue weighted by molar-refractivity contribution is 0.105. The highest BCUT2D eigenvalue weighted by Gasteiger charge is 2.06. The van der Waals surface area contributed by atoms with E-state index < -0.39 is 6.10 Å². The summed E-state index contributed by atoms with van der Waals surface area (Å²) in [6, 6.07) is 6.01. The zero-order valence-electron chi connectivity index (χ0n) is 10.8. The van der Waals surface area contributed by atoms with Crippen molar-refractivity contribution >= 4 is 5.69 Å². The van der Waals surface area contributed by atoms with Crippen molar-refractivity contribution in [2.24, 2.45) is 0 Å². The molecule has 0 amide bonds. The van der Waals surface area contributed by atoms with Crippen LogP contribution in [0.25, 0.3) is 5.69 Å². The predicted molar refractivity (Wildman–Crippen MR) is 72.3 cm³/mol. The predicted octanol–water partition coefficient (Wildman–Crippen LogP) is 0.595. The largest absolute Gasteiger partial charge is 0.394 e. The van der Waals surface area contributed by atoms with Crippen LogP contribution in [-0.4, -0.2) is 44.2 Å². The van der Waals surface area contributed by atoms with Gasteiger partial charge in [-0.2, -0.15) is 0 Å². The second kappa shape index (κ2) is 6.31. The van der Waals surface area contributed by atoms with Crippen LogP contribution in [0.1, 0.15) is 12.5 Å². The molecule has 0 aliphatic heterocycles. The Labute approximate surface area is 111 Å². The minimum atomic E-state index is -0.761. The number of hydrogen-bond acceptors (Lipinski definition) is 5. The summed E-state index contributed by atoms with van der Waals surface area (Å²) in [6.07, 6.45) is 3.39. The fraction of sp³-hybridized carbons (Fsp3) is 0.385. The second-order valence-corrected chi connectivity index (χ2v) is 4.28. The zero-order chi connectivity index (χ0) is 13.7. The first-order valence-corrected chi connectivity index (χ1v) is 6.25. The summed E-state index contributed by atoms with van der Waals surface area (Å²) < 4.78 is 1.81. The Kier molecular flexibility index (Phi) is 4.48. The second-order valence-electron chi connectivity index (χ2n) is 4.28. The summed E-state index contributed by atoms with van der Waals surface area (Å²) in [7, 11) is 0. The van der Waals surface area contributed by atoms with Gasteiger partial charge in [0, 0.05) is 12.2 Å². The van der Waals surface area contributed by atoms with Crippen LogP contribution >= 0.6 is 0 Å². The maximum atomic E-state index is 9.40. The molecule has 1 aromatic heterocycles. The number of aliphatic hydroxyl groups excluding tert-OH is 2. The fourth-order valence-electron chi connectivity index (χ4n) is 1.82. The highest BCUT2D eigenvalue weighted by Crippen LogP contribution is 2.20. The topological polar surface area (TPSA) is 83.2 Å². The highest BCUT2D eigenvalue weighted by molar-refractivity contribution is 5.57. The first kappa shape index (κ1) is 13.5. The Bertz CT molecular complexity index is 513. The van der Waals surface area contributed by atoms with Crippen LogP contribution in [-0.2, 0) is 6.42 Å². The molecule has 6 nitrogen and oxygen atoms in total. The molecule has 0 saturated carbocycles. The van der Waals surface area contributed by atoms with Crippen molar-refractivity contribution < 1.29 is 10.2 Å². The summed E-state index contributed by atoms with van der Waals surface area (Å²) in [5, 5.41) is 28.9. The van der Waals surface area contributed by atoms with Crippen LogP contribution in [0.3, 0.4) is 0 Å². The number of nitrogens with one attached hydrogen (secondary N) is 1. The minimum absolute atomic E-state index is 0.250. The SMILES string of the molecule is CCc1ccc(-n2cnnc2)cc1NCC(O)CO. The Morgan fingerprint density at radius 1 is 1.32 bits per heavy atom. The van der Waals surface area contributed by atoms with Gasteiger partial charge in [-0.1, -0.05) is 13.0 Å². The lowest BCUT2D eigenvalue weighted by Crippen LogP contribution is -2.23. The van der Waals surface area contributed by atoms with Gasteiger partial charge in [-0.05, 0) is 24.1 Å². The van der Waals surface area contributed by atoms with E-state index in [1.54, 1.807) is 12.7 Å². The maximum Gasteiger partial charge on any atom is 0.123 e. The van der Waals surface area contributed by atoms with E-state index >= 15 is 0 Å². The van der Waals surface area contributed by atoms with E-state index in [2.05, 4.69) is 22.4 Å². The van der Waals surface area contributed by atoms with Gasteiger partial charge in [0.05, 0.1) is 18.4 Å². The van der Waals surface area contributed by atoms with E-state index in [1.807, 2.05) is 22.8 Å². The van der Waals surface area contributed by atoms with Crippen LogP contribution in [0.15, 0.2) is 30.9 Å². The van der Waals surface area contributed by atoms with Crippen molar-refractivity contribution in [2.45, 2.75) is 19.4 Å². The van der Waals surface area contributed by atoms with Gasteiger partial charge in [-0.25, -0.2) is 0 Å². The Morgan fingerprint density at radius 2 is 2.05 bits per heavy atom. The molecule has 1 heterocycles. The van der Waals surface area contributed by atoms with Gasteiger partial charge in [-0.15, -0.1) is 10.2 Å². The van der Waals surface area contributed by atoms with Crippen molar-refractivity contribution in [1.82, 2.24) is 14.8 Å². The molecule has 3 N–H and O–H groups in total. The number of rotatable bonds is 6. The molecule has 0 aliphatic carbocycles. The Hall–Kier alpha value is -1.92. The smallest absolute Gasteiger partial charge is 0.123 e. The molecule has 2 rings (SSSR count). The summed E-state index contributed by atoms with van der Waals surface area (Å²) in [5.74, 6) is 0. The fourth-order valence-corrected chi connectivity index (χ4v) is 1.82. The molecule has 1 aromatic carbocycles. The van der Waals surface area contributed by atoms with Gasteiger partial charge < -0.3 is 15.5 Å². The average molecular weight is 262 g/mol. The van der Waals surface area contributed by atoms with Crippen LogP contribution < -0.4 is 5.32 Å². The van der Waals surface area contributed by atoms with Crippen molar-refractivity contribution in [1.29, 1.82) is 0 Å². The molecule has 0 aliphatic rings. The summed E-state index contributed by atoms with van der Waals surface area (Å²) in [6.45, 7) is 2.14. The Morgan fingerprint density at radius 3 is 2.68 bits per heavy atom. The van der Waals surface area contributed by atoms with E-state index in [4.69, 9.17) is 5.11 Å². The van der Waals surface area contributed by atoms with Crippen molar-refractivity contribution in [3.63, 3.8) is 0 Å². The molecule has 6 heteroatoms. The van der Waals surface area contributed by atoms with E-state index in [0.717, 1.165) is 23.4 Å². The third kappa shape index (κ3) is 3.30. The average Bonchev–Trinajstić information content (AvgIpc) is 2.98. The van der Waals surface area contributed by atoms with Gasteiger partial charge in [-0.3, -0.25) is 4.57 Å². The summed E-state index contributed by atoms with van der Waals surface area (Å²) >= 11 is 0. The van der Waals surface area contributed by atoms with Gasteiger partial charge in [0.1, 0.15) is 12.7 Å². The lowest BCUT2D eigenvalue weighted by atomic mass is 10.1. The van der Waals surface area contributed by atoms with E-state index in [9.17, 15) is 5.11 Å². The summed E-state index contributed by atoms with van der Waals surface area (Å²) in [4.78, 5) is 0. The molecular weight excluding hydrogens is 244 g/mol. The zero-order valence-corrected chi connectivity index (χ0v) is 10.8. The molecule has 0 saturated heterocycles. The molecule has 19 heavy (non-hydrogen) atoms. The number of aryl methyl sites for hydroxylation is 1. The molecule has 1 atom stereocenters. The minimum Gasteiger partial charge on any atom is -0.394 e. The number of anilines is 1. The molecule has 0 radical (unpaired) electrons. The van der Waals surface area contributed by atoms with E-state index in [0.29, 0.717) is 6.54 Å². The van der Waals surface area contributed by atoms with Gasteiger partial charge in [0.2, 0.25) is 0 Å². The van der Waals surface area contributed by atoms with Crippen molar-refractivity contribution in [2.75, 3.05) is 18.5 Å². The number of benzene rings is 1. The monoisotopic (exact) mass is 262 g/mol. The van der Waals surface area contributed by atoms with Crippen LogP contribution in [0.5, 0.6) is 0 Å². The quantitative estimate of drug-likeness (QED) is 0.710. The third-order valence-corrected chi connectivity index (χ3v) is 2.93. The molecule has 102 valence electrons. The first-order chi connectivity index (χ1) is 9.24.